The van der Waals surface area contributed by atoms with Crippen molar-refractivity contribution in [1.29, 1.82) is 0 Å². The largest absolute Gasteiger partial charge is 0.496 e. The fraction of sp³-hybridized carbons (Fsp3) is 0.560. The van der Waals surface area contributed by atoms with Gasteiger partial charge in [0.05, 0.1) is 25.3 Å². The highest BCUT2D eigenvalue weighted by Crippen LogP contribution is 2.45. The van der Waals surface area contributed by atoms with Crippen molar-refractivity contribution >= 4 is 29.8 Å². The van der Waals surface area contributed by atoms with Crippen LogP contribution in [-0.4, -0.2) is 118 Å². The van der Waals surface area contributed by atoms with Gasteiger partial charge < -0.3 is 46.9 Å². The van der Waals surface area contributed by atoms with Crippen molar-refractivity contribution in [3.63, 3.8) is 0 Å². The number of hydrogen-bond acceptors (Lipinski definition) is 12. The second-order valence-electron chi connectivity index (χ2n) is 11.5. The molecular weight excluding hydrogens is 522 g/mol. The highest BCUT2D eigenvalue weighted by atomic mass is 16.5. The number of nitrogens with zero attached hydrogens (tertiary/aromatic N) is 5. The smallest absolute Gasteiger partial charge is 0.327 e. The number of methoxy groups -OCH3 is 1. The molecule has 216 valence electrons. The summed E-state index contributed by atoms with van der Waals surface area (Å²) >= 11 is 0. The number of imide groups is 1. The molecule has 4 heterocycles. The Morgan fingerprint density at radius 1 is 1.25 bits per heavy atom. The van der Waals surface area contributed by atoms with Crippen molar-refractivity contribution in [3.05, 3.63) is 29.3 Å². The summed E-state index contributed by atoms with van der Waals surface area (Å²) in [7, 11) is 2.97. The number of nitrogens with one attached hydrogen (secondary N) is 2. The molecule has 1 aromatic rings. The van der Waals surface area contributed by atoms with Crippen molar-refractivity contribution in [2.45, 2.75) is 55.8 Å². The monoisotopic (exact) mass is 557 g/mol. The SMILES string of the molecule is COc1c(C(=O)NC2CN3C(N)=NC(CN4C(=O)CN(C)C4=O)C4N=C(N)NC43C2(O)O)cccc1C(C)(C)C. The van der Waals surface area contributed by atoms with E-state index in [4.69, 9.17) is 16.2 Å². The summed E-state index contributed by atoms with van der Waals surface area (Å²) in [6.07, 6.45) is 0. The molecule has 4 atom stereocenters. The van der Waals surface area contributed by atoms with Gasteiger partial charge in [-0.05, 0) is 11.5 Å². The van der Waals surface area contributed by atoms with Crippen LogP contribution >= 0.6 is 0 Å². The van der Waals surface area contributed by atoms with E-state index in [0.29, 0.717) is 5.75 Å². The fourth-order valence-electron chi connectivity index (χ4n) is 6.03. The molecule has 4 aliphatic heterocycles. The molecule has 5 rings (SSSR count). The van der Waals surface area contributed by atoms with Crippen LogP contribution in [0.4, 0.5) is 4.79 Å². The lowest BCUT2D eigenvalue weighted by Crippen LogP contribution is -2.78. The maximum atomic E-state index is 13.5. The first-order valence-corrected chi connectivity index (χ1v) is 12.8. The van der Waals surface area contributed by atoms with Gasteiger partial charge in [0.15, 0.2) is 17.6 Å². The number of rotatable bonds is 5. The van der Waals surface area contributed by atoms with E-state index in [9.17, 15) is 24.6 Å². The predicted octanol–water partition coefficient (Wildman–Crippen LogP) is -2.34. The number of aliphatic hydroxyl groups is 2. The molecule has 8 N–H and O–H groups in total. The normalized spacial score (nSPS) is 29.1. The molecule has 0 aromatic heterocycles. The minimum absolute atomic E-state index is 0.0890. The Labute approximate surface area is 230 Å². The summed E-state index contributed by atoms with van der Waals surface area (Å²) in [4.78, 5) is 51.0. The number of hydrogen-bond donors (Lipinski definition) is 6. The zero-order chi connectivity index (χ0) is 29.4. The molecule has 15 heteroatoms. The highest BCUT2D eigenvalue weighted by Gasteiger charge is 2.73. The van der Waals surface area contributed by atoms with Gasteiger partial charge >= 0.3 is 6.03 Å². The Balaban J connectivity index is 1.47. The number of aliphatic imine (C=N–C) groups is 2. The summed E-state index contributed by atoms with van der Waals surface area (Å²) < 4.78 is 5.59. The summed E-state index contributed by atoms with van der Waals surface area (Å²) in [5, 5.41) is 28.9. The first kappa shape index (κ1) is 27.5. The fourth-order valence-corrected chi connectivity index (χ4v) is 6.03. The Kier molecular flexibility index (Phi) is 6.15. The third-order valence-electron chi connectivity index (χ3n) is 7.98. The lowest BCUT2D eigenvalue weighted by molar-refractivity contribution is -0.230. The molecule has 4 unspecified atom stereocenters. The Hall–Kier alpha value is -4.11. The van der Waals surface area contributed by atoms with Crippen LogP contribution in [0, 0.1) is 0 Å². The van der Waals surface area contributed by atoms with Crippen LogP contribution in [0.5, 0.6) is 5.75 Å². The van der Waals surface area contributed by atoms with E-state index in [-0.39, 0.29) is 42.5 Å². The summed E-state index contributed by atoms with van der Waals surface area (Å²) in [5.74, 6) is -3.53. The first-order chi connectivity index (χ1) is 18.6. The molecule has 0 aliphatic carbocycles. The average Bonchev–Trinajstić information content (AvgIpc) is 3.43. The summed E-state index contributed by atoms with van der Waals surface area (Å²) in [6, 6.07) is 1.38. The van der Waals surface area contributed by atoms with Gasteiger partial charge in [-0.1, -0.05) is 32.9 Å². The zero-order valence-electron chi connectivity index (χ0n) is 23.0. The molecule has 0 saturated carbocycles. The van der Waals surface area contributed by atoms with Gasteiger partial charge in [0.1, 0.15) is 24.4 Å². The van der Waals surface area contributed by atoms with Crippen LogP contribution in [0.1, 0.15) is 36.7 Å². The number of amides is 4. The highest BCUT2D eigenvalue weighted by molar-refractivity contribution is 6.02. The van der Waals surface area contributed by atoms with Crippen LogP contribution in [0.25, 0.3) is 0 Å². The van der Waals surface area contributed by atoms with Gasteiger partial charge in [0, 0.05) is 19.2 Å². The quantitative estimate of drug-likeness (QED) is 0.168. The molecular formula is C25H35N9O6. The van der Waals surface area contributed by atoms with Crippen LogP contribution < -0.4 is 26.8 Å². The Bertz CT molecular complexity index is 1340. The molecule has 4 aliphatic rings. The second-order valence-corrected chi connectivity index (χ2v) is 11.5. The number of para-hydroxylation sites is 1. The van der Waals surface area contributed by atoms with E-state index in [0.717, 1.165) is 10.5 Å². The van der Waals surface area contributed by atoms with Crippen molar-refractivity contribution in [2.75, 3.05) is 33.8 Å². The lowest BCUT2D eigenvalue weighted by atomic mass is 9.84. The van der Waals surface area contributed by atoms with E-state index >= 15 is 0 Å². The van der Waals surface area contributed by atoms with Crippen molar-refractivity contribution in [2.24, 2.45) is 21.5 Å². The van der Waals surface area contributed by atoms with Gasteiger partial charge in [0.25, 0.3) is 5.91 Å². The van der Waals surface area contributed by atoms with Gasteiger partial charge in [-0.3, -0.25) is 14.5 Å². The van der Waals surface area contributed by atoms with Crippen molar-refractivity contribution in [1.82, 2.24) is 25.3 Å². The van der Waals surface area contributed by atoms with E-state index in [1.54, 1.807) is 12.1 Å². The van der Waals surface area contributed by atoms with Gasteiger partial charge in [0.2, 0.25) is 11.7 Å². The maximum Gasteiger partial charge on any atom is 0.327 e. The first-order valence-electron chi connectivity index (χ1n) is 12.8. The predicted molar refractivity (Wildman–Crippen MR) is 143 cm³/mol. The van der Waals surface area contributed by atoms with Crippen LogP contribution in [0.15, 0.2) is 28.2 Å². The second kappa shape index (κ2) is 8.96. The molecule has 2 fully saturated rings. The van der Waals surface area contributed by atoms with Crippen LogP contribution in [0.3, 0.4) is 0 Å². The van der Waals surface area contributed by atoms with E-state index < -0.39 is 47.4 Å². The topological polar surface area (TPSA) is 211 Å². The van der Waals surface area contributed by atoms with Gasteiger partial charge in [-0.2, -0.15) is 0 Å². The molecule has 15 nitrogen and oxygen atoms in total. The van der Waals surface area contributed by atoms with Crippen molar-refractivity contribution < 1.29 is 29.3 Å². The molecule has 40 heavy (non-hydrogen) atoms. The minimum atomic E-state index is -2.68. The molecule has 1 aromatic carbocycles. The van der Waals surface area contributed by atoms with Gasteiger partial charge in [-0.15, -0.1) is 0 Å². The summed E-state index contributed by atoms with van der Waals surface area (Å²) in [6.45, 7) is 5.52. The van der Waals surface area contributed by atoms with Crippen molar-refractivity contribution in [3.8, 4) is 5.75 Å². The zero-order valence-corrected chi connectivity index (χ0v) is 23.0. The third-order valence-corrected chi connectivity index (χ3v) is 7.98. The number of benzene rings is 1. The summed E-state index contributed by atoms with van der Waals surface area (Å²) in [5.41, 5.74) is 11.2. The maximum absolute atomic E-state index is 13.5. The third kappa shape index (κ3) is 3.83. The molecule has 2 saturated heterocycles. The van der Waals surface area contributed by atoms with E-state index in [1.807, 2.05) is 26.8 Å². The van der Waals surface area contributed by atoms with E-state index in [2.05, 4.69) is 20.6 Å². The number of carbonyl (C=O) groups excluding carboxylic acids is 3. The molecule has 0 radical (unpaired) electrons. The van der Waals surface area contributed by atoms with Crippen LogP contribution in [-0.2, 0) is 10.2 Å². The number of likely N-dealkylation sites (N-methyl/N-ethyl adjacent to an activating group) is 1. The number of urea groups is 1. The number of guanidine groups is 2. The van der Waals surface area contributed by atoms with Gasteiger partial charge in [-0.25, -0.2) is 14.8 Å². The average molecular weight is 558 g/mol. The number of ether oxygens (including phenoxy) is 1. The number of nitrogens with two attached hydrogens (primary N) is 2. The van der Waals surface area contributed by atoms with E-state index in [1.165, 1.54) is 24.0 Å². The Morgan fingerprint density at radius 3 is 2.55 bits per heavy atom. The standard InChI is InChI=1S/C25H35N9O6/c1-23(2,3)13-8-6-7-12(17(13)40-5)19(36)29-15-10-34-21(27)28-14(9-33-16(35)11-32(4)22(33)37)18-24(34,25(15,38)39)31-20(26)30-18/h6-8,14-15,18,38-39H,9-11H2,1-5H3,(H2,27,28)(H,29,36)(H3,26,30,31). The lowest BCUT2D eigenvalue weighted by Gasteiger charge is -2.49. The Morgan fingerprint density at radius 2 is 1.95 bits per heavy atom. The number of carbonyl (C=O) groups is 3. The molecule has 0 bridgehead atoms. The molecule has 1 spiro atoms. The molecule has 4 amide bonds. The minimum Gasteiger partial charge on any atom is -0.496 e. The van der Waals surface area contributed by atoms with Crippen LogP contribution in [0.2, 0.25) is 0 Å².